The number of hydrogen-bond donors (Lipinski definition) is 1. The van der Waals surface area contributed by atoms with Gasteiger partial charge in [0.25, 0.3) is 0 Å². The van der Waals surface area contributed by atoms with Crippen LogP contribution in [-0.4, -0.2) is 35.4 Å². The quantitative estimate of drug-likeness (QED) is 0.641. The van der Waals surface area contributed by atoms with Gasteiger partial charge in [0.15, 0.2) is 6.10 Å². The number of esters is 2. The smallest absolute Gasteiger partial charge is 0.338 e. The van der Waals surface area contributed by atoms with Gasteiger partial charge in [0.05, 0.1) is 12.2 Å². The van der Waals surface area contributed by atoms with Crippen LogP contribution in [0.25, 0.3) is 10.8 Å². The Bertz CT molecular complexity index is 740. The first-order chi connectivity index (χ1) is 11.8. The molecule has 0 aromatic heterocycles. The molecular weight excluding hydrogens is 320 g/mol. The molecule has 5 heteroatoms. The van der Waals surface area contributed by atoms with Crippen LogP contribution in [0.5, 0.6) is 0 Å². The number of carbonyl (C=O) groups is 2. The number of rotatable bonds is 6. The average molecular weight is 344 g/mol. The lowest BCUT2D eigenvalue weighted by Crippen LogP contribution is -2.31. The van der Waals surface area contributed by atoms with Crippen molar-refractivity contribution >= 4 is 22.7 Å². The number of fused-ring (bicyclic) bond motifs is 1. The summed E-state index contributed by atoms with van der Waals surface area (Å²) in [6.45, 7) is 5.35. The molecule has 5 nitrogen and oxygen atoms in total. The molecule has 25 heavy (non-hydrogen) atoms. The van der Waals surface area contributed by atoms with Crippen molar-refractivity contribution in [1.82, 2.24) is 0 Å². The third kappa shape index (κ3) is 5.57. The number of ether oxygens (including phenoxy) is 2. The zero-order chi connectivity index (χ0) is 18.4. The van der Waals surface area contributed by atoms with E-state index in [0.717, 1.165) is 10.8 Å². The molecule has 2 aromatic rings. The van der Waals surface area contributed by atoms with Crippen molar-refractivity contribution in [3.8, 4) is 0 Å². The summed E-state index contributed by atoms with van der Waals surface area (Å²) in [7, 11) is 0. The van der Waals surface area contributed by atoms with E-state index in [-0.39, 0.29) is 13.0 Å². The summed E-state index contributed by atoms with van der Waals surface area (Å²) < 4.78 is 10.4. The summed E-state index contributed by atoms with van der Waals surface area (Å²) in [6.07, 6.45) is -0.662. The molecule has 0 aliphatic heterocycles. The fourth-order valence-electron chi connectivity index (χ4n) is 2.41. The van der Waals surface area contributed by atoms with Gasteiger partial charge in [0.1, 0.15) is 5.60 Å². The highest BCUT2D eigenvalue weighted by Crippen LogP contribution is 2.19. The Morgan fingerprint density at radius 3 is 2.48 bits per heavy atom. The van der Waals surface area contributed by atoms with E-state index < -0.39 is 23.6 Å². The first-order valence-corrected chi connectivity index (χ1v) is 8.34. The largest absolute Gasteiger partial charge is 0.462 e. The van der Waals surface area contributed by atoms with Crippen molar-refractivity contribution in [2.24, 2.45) is 0 Å². The molecule has 0 heterocycles. The van der Waals surface area contributed by atoms with Crippen LogP contribution < -0.4 is 0 Å². The Labute approximate surface area is 147 Å². The van der Waals surface area contributed by atoms with E-state index in [1.165, 1.54) is 0 Å². The van der Waals surface area contributed by atoms with Crippen molar-refractivity contribution in [2.45, 2.75) is 45.3 Å². The summed E-state index contributed by atoms with van der Waals surface area (Å²) >= 11 is 0. The maximum absolute atomic E-state index is 12.2. The van der Waals surface area contributed by atoms with Gasteiger partial charge < -0.3 is 14.6 Å². The summed E-state index contributed by atoms with van der Waals surface area (Å²) in [4.78, 5) is 23.9. The van der Waals surface area contributed by atoms with Gasteiger partial charge in [0.2, 0.25) is 0 Å². The third-order valence-electron chi connectivity index (χ3n) is 3.54. The summed E-state index contributed by atoms with van der Waals surface area (Å²) in [5.74, 6) is -1.07. The summed E-state index contributed by atoms with van der Waals surface area (Å²) in [5, 5.41) is 11.6. The molecule has 0 amide bonds. The molecule has 0 saturated carbocycles. The van der Waals surface area contributed by atoms with E-state index in [2.05, 4.69) is 0 Å². The topological polar surface area (TPSA) is 72.8 Å². The van der Waals surface area contributed by atoms with Crippen LogP contribution in [0.3, 0.4) is 0 Å². The Kier molecular flexibility index (Phi) is 6.15. The van der Waals surface area contributed by atoms with Gasteiger partial charge in [-0.3, -0.25) is 0 Å². The van der Waals surface area contributed by atoms with E-state index in [1.807, 2.05) is 36.4 Å². The molecule has 134 valence electrons. The maximum Gasteiger partial charge on any atom is 0.338 e. The Morgan fingerprint density at radius 2 is 1.76 bits per heavy atom. The molecule has 0 bridgehead atoms. The number of benzene rings is 2. The van der Waals surface area contributed by atoms with Crippen molar-refractivity contribution in [2.75, 3.05) is 6.61 Å². The van der Waals surface area contributed by atoms with Gasteiger partial charge in [-0.05, 0) is 50.5 Å². The van der Waals surface area contributed by atoms with E-state index in [4.69, 9.17) is 9.47 Å². The molecule has 0 aliphatic rings. The molecule has 1 atom stereocenters. The van der Waals surface area contributed by atoms with E-state index in [1.54, 1.807) is 26.8 Å². The Morgan fingerprint density at radius 1 is 1.08 bits per heavy atom. The lowest BCUT2D eigenvalue weighted by Gasteiger charge is -2.21. The first kappa shape index (κ1) is 18.9. The van der Waals surface area contributed by atoms with E-state index in [9.17, 15) is 14.7 Å². The summed E-state index contributed by atoms with van der Waals surface area (Å²) in [5.41, 5.74) is -0.135. The van der Waals surface area contributed by atoms with E-state index >= 15 is 0 Å². The van der Waals surface area contributed by atoms with Gasteiger partial charge in [-0.1, -0.05) is 36.4 Å². The normalized spacial score (nSPS) is 12.6. The van der Waals surface area contributed by atoms with Crippen molar-refractivity contribution in [3.63, 3.8) is 0 Å². The number of carbonyl (C=O) groups excluding carboxylic acids is 2. The number of aliphatic hydroxyl groups excluding tert-OH is 1. The fraction of sp³-hybridized carbons (Fsp3) is 0.400. The van der Waals surface area contributed by atoms with Crippen LogP contribution in [0.4, 0.5) is 0 Å². The maximum atomic E-state index is 12.2. The molecule has 0 radical (unpaired) electrons. The number of aliphatic hydroxyl groups is 1. The Balaban J connectivity index is 1.83. The van der Waals surface area contributed by atoms with Crippen LogP contribution in [0.1, 0.15) is 44.0 Å². The summed E-state index contributed by atoms with van der Waals surface area (Å²) in [6, 6.07) is 13.1. The molecule has 1 N–H and O–H groups in total. The molecule has 0 fully saturated rings. The fourth-order valence-corrected chi connectivity index (χ4v) is 2.41. The predicted molar refractivity (Wildman–Crippen MR) is 95.3 cm³/mol. The van der Waals surface area contributed by atoms with Gasteiger partial charge >= 0.3 is 11.9 Å². The second-order valence-electron chi connectivity index (χ2n) is 6.85. The van der Waals surface area contributed by atoms with Gasteiger partial charge in [0, 0.05) is 0 Å². The first-order valence-electron chi connectivity index (χ1n) is 8.34. The lowest BCUT2D eigenvalue weighted by atomic mass is 10.0. The van der Waals surface area contributed by atoms with Crippen LogP contribution in [0, 0.1) is 0 Å². The minimum absolute atomic E-state index is 0.127. The molecule has 0 spiro atoms. The van der Waals surface area contributed by atoms with Crippen LogP contribution in [0.15, 0.2) is 42.5 Å². The lowest BCUT2D eigenvalue weighted by molar-refractivity contribution is -0.165. The van der Waals surface area contributed by atoms with Crippen molar-refractivity contribution < 1.29 is 24.2 Å². The second-order valence-corrected chi connectivity index (χ2v) is 6.85. The molecule has 0 saturated heterocycles. The van der Waals surface area contributed by atoms with Crippen LogP contribution in [0.2, 0.25) is 0 Å². The Hall–Kier alpha value is -2.40. The minimum atomic E-state index is -1.21. The number of hydrogen-bond acceptors (Lipinski definition) is 5. The van der Waals surface area contributed by atoms with Gasteiger partial charge in [-0.2, -0.15) is 0 Å². The second kappa shape index (κ2) is 8.12. The highest BCUT2D eigenvalue weighted by molar-refractivity contribution is 6.04. The van der Waals surface area contributed by atoms with Crippen LogP contribution in [-0.2, 0) is 14.3 Å². The predicted octanol–water partition coefficient (Wildman–Crippen LogP) is 3.48. The standard InChI is InChI=1S/C20H24O5/c1-20(2,3)25-19(23)17(21)12-7-13-24-18(22)16-11-6-9-14-8-4-5-10-15(14)16/h4-6,8-11,17,21H,7,12-13H2,1-3H3. The highest BCUT2D eigenvalue weighted by Gasteiger charge is 2.23. The van der Waals surface area contributed by atoms with Gasteiger partial charge in [-0.15, -0.1) is 0 Å². The third-order valence-corrected chi connectivity index (χ3v) is 3.54. The van der Waals surface area contributed by atoms with Crippen LogP contribution >= 0.6 is 0 Å². The molecule has 0 aliphatic carbocycles. The molecule has 2 rings (SSSR count). The molecule has 1 unspecified atom stereocenters. The highest BCUT2D eigenvalue weighted by atomic mass is 16.6. The van der Waals surface area contributed by atoms with Gasteiger partial charge in [-0.25, -0.2) is 9.59 Å². The van der Waals surface area contributed by atoms with Crippen molar-refractivity contribution in [1.29, 1.82) is 0 Å². The zero-order valence-electron chi connectivity index (χ0n) is 14.8. The van der Waals surface area contributed by atoms with E-state index in [0.29, 0.717) is 12.0 Å². The average Bonchev–Trinajstić information content (AvgIpc) is 2.56. The van der Waals surface area contributed by atoms with Crippen molar-refractivity contribution in [3.05, 3.63) is 48.0 Å². The molecule has 2 aromatic carbocycles. The zero-order valence-corrected chi connectivity index (χ0v) is 14.8. The monoisotopic (exact) mass is 344 g/mol. The molecular formula is C20H24O5. The minimum Gasteiger partial charge on any atom is -0.462 e. The SMILES string of the molecule is CC(C)(C)OC(=O)C(O)CCCOC(=O)c1cccc2ccccc12.